The standard InChI is InChI=1S/C24H12S3/c1-3-7-17-13(5-1)15-9-11-19-21(23(15)26-17)22-20(25-19)12-10-16-14-6-2-4-8-18(14)27-24(16)22/h1-12H. The van der Waals surface area contributed by atoms with Crippen molar-refractivity contribution in [3.63, 3.8) is 0 Å². The molecule has 0 saturated carbocycles. The molecule has 0 nitrogen and oxygen atoms in total. The van der Waals surface area contributed by atoms with Gasteiger partial charge in [0.15, 0.2) is 0 Å². The van der Waals surface area contributed by atoms with Gasteiger partial charge in [-0.25, -0.2) is 0 Å². The summed E-state index contributed by atoms with van der Waals surface area (Å²) >= 11 is 5.80. The number of hydrogen-bond acceptors (Lipinski definition) is 3. The van der Waals surface area contributed by atoms with Crippen LogP contribution in [0.2, 0.25) is 0 Å². The van der Waals surface area contributed by atoms with E-state index in [0.717, 1.165) is 0 Å². The molecule has 0 N–H and O–H groups in total. The van der Waals surface area contributed by atoms with Gasteiger partial charge in [-0.05, 0) is 24.3 Å². The van der Waals surface area contributed by atoms with Gasteiger partial charge in [-0.2, -0.15) is 0 Å². The second kappa shape index (κ2) is 5.08. The second-order valence-corrected chi connectivity index (χ2v) is 10.1. The fourth-order valence-electron chi connectivity index (χ4n) is 4.30. The number of benzene rings is 4. The third kappa shape index (κ3) is 1.82. The van der Waals surface area contributed by atoms with Crippen LogP contribution in [0.4, 0.5) is 0 Å². The van der Waals surface area contributed by atoms with Gasteiger partial charge in [0.2, 0.25) is 0 Å². The average molecular weight is 397 g/mol. The summed E-state index contributed by atoms with van der Waals surface area (Å²) in [6.45, 7) is 0. The first-order chi connectivity index (χ1) is 13.4. The lowest BCUT2D eigenvalue weighted by atomic mass is 10.1. The van der Waals surface area contributed by atoms with Crippen LogP contribution in [0.5, 0.6) is 0 Å². The van der Waals surface area contributed by atoms with Crippen molar-refractivity contribution < 1.29 is 0 Å². The zero-order valence-electron chi connectivity index (χ0n) is 14.2. The van der Waals surface area contributed by atoms with Crippen molar-refractivity contribution in [2.75, 3.05) is 0 Å². The van der Waals surface area contributed by atoms with Crippen molar-refractivity contribution in [2.45, 2.75) is 0 Å². The van der Waals surface area contributed by atoms with Crippen LogP contribution in [0.3, 0.4) is 0 Å². The quantitative estimate of drug-likeness (QED) is 0.240. The molecule has 0 atom stereocenters. The molecule has 3 aromatic heterocycles. The molecular formula is C24H12S3. The lowest BCUT2D eigenvalue weighted by Crippen LogP contribution is -1.70. The van der Waals surface area contributed by atoms with Crippen molar-refractivity contribution in [3.8, 4) is 0 Å². The first kappa shape index (κ1) is 14.6. The first-order valence-electron chi connectivity index (χ1n) is 8.95. The van der Waals surface area contributed by atoms with Crippen LogP contribution < -0.4 is 0 Å². The molecule has 3 heterocycles. The van der Waals surface area contributed by atoms with E-state index in [1.54, 1.807) is 0 Å². The van der Waals surface area contributed by atoms with Gasteiger partial charge in [0.1, 0.15) is 0 Å². The van der Waals surface area contributed by atoms with Crippen LogP contribution in [0, 0.1) is 0 Å². The Morgan fingerprint density at radius 1 is 0.370 bits per heavy atom. The molecule has 0 unspecified atom stereocenters. The van der Waals surface area contributed by atoms with Crippen molar-refractivity contribution in [3.05, 3.63) is 72.8 Å². The topological polar surface area (TPSA) is 0 Å². The molecule has 0 saturated heterocycles. The largest absolute Gasteiger partial charge is 0.135 e. The molecule has 0 spiro atoms. The highest BCUT2D eigenvalue weighted by molar-refractivity contribution is 7.31. The molecule has 4 aromatic carbocycles. The van der Waals surface area contributed by atoms with Crippen molar-refractivity contribution in [2.24, 2.45) is 0 Å². The van der Waals surface area contributed by atoms with Crippen molar-refractivity contribution in [1.29, 1.82) is 0 Å². The van der Waals surface area contributed by atoms with Gasteiger partial charge in [-0.1, -0.05) is 48.5 Å². The number of thiophene rings is 3. The minimum atomic E-state index is 1.38. The van der Waals surface area contributed by atoms with E-state index in [0.29, 0.717) is 0 Å². The summed E-state index contributed by atoms with van der Waals surface area (Å²) in [7, 11) is 0. The number of hydrogen-bond donors (Lipinski definition) is 0. The molecule has 7 rings (SSSR count). The Kier molecular flexibility index (Phi) is 2.74. The number of fused-ring (bicyclic) bond motifs is 11. The summed E-state index contributed by atoms with van der Waals surface area (Å²) in [5.74, 6) is 0. The summed E-state index contributed by atoms with van der Waals surface area (Å²) in [6, 6.07) is 26.8. The third-order valence-corrected chi connectivity index (χ3v) is 9.02. The fraction of sp³-hybridized carbons (Fsp3) is 0. The van der Waals surface area contributed by atoms with E-state index in [1.165, 1.54) is 60.5 Å². The number of rotatable bonds is 0. The van der Waals surface area contributed by atoms with Crippen LogP contribution >= 0.6 is 34.0 Å². The fourth-order valence-corrected chi connectivity index (χ4v) is 8.07. The van der Waals surface area contributed by atoms with Crippen LogP contribution in [0.15, 0.2) is 72.8 Å². The predicted octanol–water partition coefficient (Wildman–Crippen LogP) is 8.79. The Morgan fingerprint density at radius 2 is 0.852 bits per heavy atom. The highest BCUT2D eigenvalue weighted by atomic mass is 32.1. The summed E-state index contributed by atoms with van der Waals surface area (Å²) < 4.78 is 8.42. The molecule has 0 radical (unpaired) electrons. The third-order valence-electron chi connectivity index (χ3n) is 5.49. The molecule has 0 amide bonds. The highest BCUT2D eigenvalue weighted by Gasteiger charge is 2.17. The zero-order chi connectivity index (χ0) is 17.5. The van der Waals surface area contributed by atoms with Gasteiger partial charge < -0.3 is 0 Å². The Hall–Kier alpha value is -2.46. The van der Waals surface area contributed by atoms with Crippen LogP contribution in [-0.4, -0.2) is 0 Å². The summed E-state index contributed by atoms with van der Waals surface area (Å²) in [5.41, 5.74) is 0. The SMILES string of the molecule is c1ccc2c(c1)sc1c2ccc2sc3ccc4c5ccccc5sc4c3c21. The molecule has 27 heavy (non-hydrogen) atoms. The van der Waals surface area contributed by atoms with E-state index in [1.807, 2.05) is 34.0 Å². The molecular weight excluding hydrogens is 384 g/mol. The van der Waals surface area contributed by atoms with Gasteiger partial charge in [0.25, 0.3) is 0 Å². The van der Waals surface area contributed by atoms with E-state index in [4.69, 9.17) is 0 Å². The van der Waals surface area contributed by atoms with Crippen LogP contribution in [0.1, 0.15) is 0 Å². The van der Waals surface area contributed by atoms with E-state index in [9.17, 15) is 0 Å². The molecule has 0 aliphatic rings. The van der Waals surface area contributed by atoms with E-state index in [2.05, 4.69) is 72.8 Å². The van der Waals surface area contributed by atoms with Gasteiger partial charge in [-0.3, -0.25) is 0 Å². The normalized spacial score (nSPS) is 12.4. The van der Waals surface area contributed by atoms with Crippen LogP contribution in [0.25, 0.3) is 60.5 Å². The molecule has 0 bridgehead atoms. The van der Waals surface area contributed by atoms with Gasteiger partial charge in [0.05, 0.1) is 0 Å². The first-order valence-corrected chi connectivity index (χ1v) is 11.4. The Morgan fingerprint density at radius 3 is 1.37 bits per heavy atom. The molecule has 7 aromatic rings. The Labute approximate surface area is 166 Å². The summed E-state index contributed by atoms with van der Waals surface area (Å²) in [4.78, 5) is 0. The molecule has 126 valence electrons. The minimum Gasteiger partial charge on any atom is -0.135 e. The van der Waals surface area contributed by atoms with Crippen molar-refractivity contribution in [1.82, 2.24) is 0 Å². The summed E-state index contributed by atoms with van der Waals surface area (Å²) in [5, 5.41) is 8.43. The molecule has 3 heteroatoms. The van der Waals surface area contributed by atoms with Gasteiger partial charge in [0, 0.05) is 60.5 Å². The van der Waals surface area contributed by atoms with Gasteiger partial charge in [-0.15, -0.1) is 34.0 Å². The minimum absolute atomic E-state index is 1.38. The Bertz CT molecular complexity index is 1550. The highest BCUT2D eigenvalue weighted by Crippen LogP contribution is 2.48. The van der Waals surface area contributed by atoms with E-state index < -0.39 is 0 Å². The van der Waals surface area contributed by atoms with E-state index >= 15 is 0 Å². The molecule has 0 aliphatic heterocycles. The lowest BCUT2D eigenvalue weighted by Gasteiger charge is -1.97. The maximum atomic E-state index is 2.32. The average Bonchev–Trinajstić information content (AvgIpc) is 3.37. The smallest absolute Gasteiger partial charge is 0.0449 e. The monoisotopic (exact) mass is 396 g/mol. The molecule has 0 fully saturated rings. The molecule has 0 aliphatic carbocycles. The van der Waals surface area contributed by atoms with Gasteiger partial charge >= 0.3 is 0 Å². The van der Waals surface area contributed by atoms with E-state index in [-0.39, 0.29) is 0 Å². The zero-order valence-corrected chi connectivity index (χ0v) is 16.6. The lowest BCUT2D eigenvalue weighted by molar-refractivity contribution is 1.87. The predicted molar refractivity (Wildman–Crippen MR) is 125 cm³/mol. The second-order valence-electron chi connectivity index (χ2n) is 6.93. The maximum absolute atomic E-state index is 2.32. The van der Waals surface area contributed by atoms with Crippen molar-refractivity contribution >= 4 is 94.5 Å². The van der Waals surface area contributed by atoms with Crippen LogP contribution in [-0.2, 0) is 0 Å². The summed E-state index contributed by atoms with van der Waals surface area (Å²) in [6.07, 6.45) is 0. The Balaban J connectivity index is 1.81. The maximum Gasteiger partial charge on any atom is 0.0449 e.